The van der Waals surface area contributed by atoms with Crippen molar-refractivity contribution in [3.05, 3.63) is 58.3 Å². The summed E-state index contributed by atoms with van der Waals surface area (Å²) >= 11 is 0. The Morgan fingerprint density at radius 3 is 2.71 bits per heavy atom. The molecule has 1 aliphatic rings. The molecule has 1 amide bonds. The molecule has 3 heterocycles. The van der Waals surface area contributed by atoms with Gasteiger partial charge >= 0.3 is 12.0 Å². The SMILES string of the molecule is CCc1cccc2c1OC(F)(F)C(=O)N2Cc1nc2ncccc2c(=O)n1C. The van der Waals surface area contributed by atoms with Gasteiger partial charge in [-0.25, -0.2) is 9.97 Å². The number of fused-ring (bicyclic) bond motifs is 2. The molecular weight excluding hydrogens is 370 g/mol. The van der Waals surface area contributed by atoms with Crippen molar-refractivity contribution in [1.82, 2.24) is 14.5 Å². The van der Waals surface area contributed by atoms with Crippen LogP contribution in [0, 0.1) is 0 Å². The van der Waals surface area contributed by atoms with Crippen molar-refractivity contribution in [2.24, 2.45) is 7.05 Å². The summed E-state index contributed by atoms with van der Waals surface area (Å²) in [4.78, 5) is 34.2. The van der Waals surface area contributed by atoms with E-state index in [1.807, 2.05) is 0 Å². The van der Waals surface area contributed by atoms with E-state index in [0.29, 0.717) is 17.4 Å². The predicted octanol–water partition coefficient (Wildman–Crippen LogP) is 2.41. The number of rotatable bonds is 3. The molecule has 9 heteroatoms. The van der Waals surface area contributed by atoms with Gasteiger partial charge < -0.3 is 4.74 Å². The van der Waals surface area contributed by atoms with E-state index >= 15 is 0 Å². The molecular formula is C19H16F2N4O3. The van der Waals surface area contributed by atoms with Gasteiger partial charge in [0.25, 0.3) is 5.56 Å². The van der Waals surface area contributed by atoms with E-state index in [9.17, 15) is 18.4 Å². The van der Waals surface area contributed by atoms with Gasteiger partial charge in [-0.15, -0.1) is 0 Å². The molecule has 2 aromatic heterocycles. The van der Waals surface area contributed by atoms with E-state index in [-0.39, 0.29) is 35.0 Å². The highest BCUT2D eigenvalue weighted by atomic mass is 19.3. The highest BCUT2D eigenvalue weighted by Crippen LogP contribution is 2.42. The molecule has 0 saturated heterocycles. The van der Waals surface area contributed by atoms with Crippen LogP contribution in [0.15, 0.2) is 41.3 Å². The Bertz CT molecular complexity index is 1160. The highest BCUT2D eigenvalue weighted by molar-refractivity contribution is 6.01. The standard InChI is InChI=1S/C19H16F2N4O3/c1-3-11-6-4-8-13-15(11)28-19(20,21)18(27)25(13)10-14-23-16-12(7-5-9-22-16)17(26)24(14)2/h4-9H,3,10H2,1-2H3. The van der Waals surface area contributed by atoms with E-state index in [4.69, 9.17) is 4.74 Å². The number of para-hydroxylation sites is 1. The Labute approximate surface area is 158 Å². The van der Waals surface area contributed by atoms with Gasteiger partial charge in [-0.3, -0.25) is 19.1 Å². The number of halogens is 2. The van der Waals surface area contributed by atoms with Crippen LogP contribution in [-0.4, -0.2) is 26.6 Å². The van der Waals surface area contributed by atoms with Gasteiger partial charge in [-0.2, -0.15) is 8.78 Å². The van der Waals surface area contributed by atoms with Gasteiger partial charge in [-0.05, 0) is 30.2 Å². The van der Waals surface area contributed by atoms with Crippen molar-refractivity contribution in [3.63, 3.8) is 0 Å². The number of carbonyl (C=O) groups excluding carboxylic acids is 1. The number of carbonyl (C=O) groups is 1. The Kier molecular flexibility index (Phi) is 4.10. The second kappa shape index (κ2) is 6.36. The lowest BCUT2D eigenvalue weighted by atomic mass is 10.1. The topological polar surface area (TPSA) is 77.3 Å². The fourth-order valence-corrected chi connectivity index (χ4v) is 3.21. The summed E-state index contributed by atoms with van der Waals surface area (Å²) in [6.45, 7) is 1.48. The number of aromatic nitrogens is 3. The van der Waals surface area contributed by atoms with Crippen LogP contribution in [0.2, 0.25) is 0 Å². The van der Waals surface area contributed by atoms with E-state index in [0.717, 1.165) is 4.90 Å². The second-order valence-corrected chi connectivity index (χ2v) is 6.40. The van der Waals surface area contributed by atoms with Crippen molar-refractivity contribution < 1.29 is 18.3 Å². The number of benzene rings is 1. The van der Waals surface area contributed by atoms with E-state index < -0.39 is 12.0 Å². The first-order valence-electron chi connectivity index (χ1n) is 8.64. The quantitative estimate of drug-likeness (QED) is 0.691. The molecule has 4 rings (SSSR count). The number of hydrogen-bond donors (Lipinski definition) is 0. The molecule has 1 aliphatic heterocycles. The van der Waals surface area contributed by atoms with Crippen LogP contribution in [-0.2, 0) is 24.8 Å². The zero-order chi connectivity index (χ0) is 20.1. The maximum atomic E-state index is 14.3. The highest BCUT2D eigenvalue weighted by Gasteiger charge is 2.51. The zero-order valence-corrected chi connectivity index (χ0v) is 15.1. The summed E-state index contributed by atoms with van der Waals surface area (Å²) in [5.41, 5.74) is 0.584. The summed E-state index contributed by atoms with van der Waals surface area (Å²) < 4.78 is 34.5. The Balaban J connectivity index is 1.86. The average molecular weight is 386 g/mol. The molecule has 7 nitrogen and oxygen atoms in total. The van der Waals surface area contributed by atoms with E-state index in [2.05, 4.69) is 9.97 Å². The number of amides is 1. The van der Waals surface area contributed by atoms with Crippen LogP contribution in [0.5, 0.6) is 5.75 Å². The fraction of sp³-hybridized carbons (Fsp3) is 0.263. The molecule has 0 spiro atoms. The first-order chi connectivity index (χ1) is 13.3. The van der Waals surface area contributed by atoms with Crippen LogP contribution < -0.4 is 15.2 Å². The van der Waals surface area contributed by atoms with Gasteiger partial charge in [0.1, 0.15) is 5.82 Å². The van der Waals surface area contributed by atoms with Gasteiger partial charge in [0.05, 0.1) is 17.6 Å². The number of ether oxygens (including phenoxy) is 1. The number of hydrogen-bond acceptors (Lipinski definition) is 5. The largest absolute Gasteiger partial charge is 0.483 e. The second-order valence-electron chi connectivity index (χ2n) is 6.40. The summed E-state index contributed by atoms with van der Waals surface area (Å²) in [6, 6.07) is 8.05. The van der Waals surface area contributed by atoms with Crippen molar-refractivity contribution >= 4 is 22.6 Å². The summed E-state index contributed by atoms with van der Waals surface area (Å²) in [5, 5.41) is 0.307. The molecule has 1 aromatic carbocycles. The molecule has 0 atom stereocenters. The van der Waals surface area contributed by atoms with Crippen LogP contribution in [0.1, 0.15) is 18.3 Å². The summed E-state index contributed by atoms with van der Waals surface area (Å²) in [5.74, 6) is -1.42. The Morgan fingerprint density at radius 1 is 1.18 bits per heavy atom. The normalized spacial score (nSPS) is 15.4. The van der Waals surface area contributed by atoms with Crippen molar-refractivity contribution in [3.8, 4) is 5.75 Å². The Morgan fingerprint density at radius 2 is 1.96 bits per heavy atom. The third-order valence-corrected chi connectivity index (χ3v) is 4.72. The minimum atomic E-state index is -4.01. The number of aryl methyl sites for hydroxylation is 1. The van der Waals surface area contributed by atoms with Gasteiger partial charge in [-0.1, -0.05) is 19.1 Å². The number of pyridine rings is 1. The summed E-state index contributed by atoms with van der Waals surface area (Å²) in [7, 11) is 1.48. The van der Waals surface area contributed by atoms with Crippen molar-refractivity contribution in [2.45, 2.75) is 26.0 Å². The molecule has 3 aromatic rings. The molecule has 0 saturated carbocycles. The minimum Gasteiger partial charge on any atom is -0.423 e. The van der Waals surface area contributed by atoms with Crippen LogP contribution in [0.3, 0.4) is 0 Å². The number of anilines is 1. The first-order valence-corrected chi connectivity index (χ1v) is 8.64. The van der Waals surface area contributed by atoms with Gasteiger partial charge in [0, 0.05) is 13.2 Å². The molecule has 28 heavy (non-hydrogen) atoms. The first kappa shape index (κ1) is 18.0. The van der Waals surface area contributed by atoms with Crippen LogP contribution >= 0.6 is 0 Å². The molecule has 0 aliphatic carbocycles. The average Bonchev–Trinajstić information content (AvgIpc) is 2.68. The third-order valence-electron chi connectivity index (χ3n) is 4.72. The van der Waals surface area contributed by atoms with Crippen LogP contribution in [0.25, 0.3) is 11.0 Å². The maximum absolute atomic E-state index is 14.3. The Hall–Kier alpha value is -3.36. The smallest absolute Gasteiger partial charge is 0.423 e. The predicted molar refractivity (Wildman–Crippen MR) is 97.4 cm³/mol. The number of alkyl halides is 2. The molecule has 0 fully saturated rings. The zero-order valence-electron chi connectivity index (χ0n) is 15.1. The lowest BCUT2D eigenvalue weighted by molar-refractivity contribution is -0.193. The van der Waals surface area contributed by atoms with Crippen molar-refractivity contribution in [1.29, 1.82) is 0 Å². The molecule has 0 N–H and O–H groups in total. The third kappa shape index (κ3) is 2.70. The lowest BCUT2D eigenvalue weighted by Crippen LogP contribution is -2.51. The fourth-order valence-electron chi connectivity index (χ4n) is 3.21. The van der Waals surface area contributed by atoms with Gasteiger partial charge in [0.15, 0.2) is 11.4 Å². The monoisotopic (exact) mass is 386 g/mol. The van der Waals surface area contributed by atoms with Crippen molar-refractivity contribution in [2.75, 3.05) is 4.90 Å². The molecule has 0 bridgehead atoms. The molecule has 0 unspecified atom stereocenters. The van der Waals surface area contributed by atoms with Crippen LogP contribution in [0.4, 0.5) is 14.5 Å². The van der Waals surface area contributed by atoms with E-state index in [1.165, 1.54) is 23.9 Å². The molecule has 0 radical (unpaired) electrons. The maximum Gasteiger partial charge on any atom is 0.483 e. The van der Waals surface area contributed by atoms with Gasteiger partial charge in [0.2, 0.25) is 0 Å². The minimum absolute atomic E-state index is 0.0430. The van der Waals surface area contributed by atoms with E-state index in [1.54, 1.807) is 31.2 Å². The lowest BCUT2D eigenvalue weighted by Gasteiger charge is -2.34. The number of nitrogens with zero attached hydrogens (tertiary/aromatic N) is 4. The molecule has 144 valence electrons. The summed E-state index contributed by atoms with van der Waals surface area (Å²) in [6.07, 6.45) is -2.07.